The highest BCUT2D eigenvalue weighted by Crippen LogP contribution is 2.21. The largest absolute Gasteiger partial charge is 0.450 e. The topological polar surface area (TPSA) is 64.1 Å². The van der Waals surface area contributed by atoms with Crippen LogP contribution in [0, 0.1) is 0 Å². The van der Waals surface area contributed by atoms with E-state index in [-0.39, 0.29) is 0 Å². The summed E-state index contributed by atoms with van der Waals surface area (Å²) >= 11 is 1.32. The molecule has 1 aromatic rings. The number of hydrogen-bond acceptors (Lipinski definition) is 5. The summed E-state index contributed by atoms with van der Waals surface area (Å²) in [5.41, 5.74) is 1.03. The van der Waals surface area contributed by atoms with Crippen LogP contribution in [0.15, 0.2) is 6.08 Å². The van der Waals surface area contributed by atoms with Gasteiger partial charge in [0.1, 0.15) is 5.01 Å². The van der Waals surface area contributed by atoms with E-state index in [0.717, 1.165) is 10.6 Å². The van der Waals surface area contributed by atoms with Crippen LogP contribution in [0.1, 0.15) is 25.8 Å². The lowest BCUT2D eigenvalue weighted by atomic mass is 10.3. The van der Waals surface area contributed by atoms with Gasteiger partial charge in [0.05, 0.1) is 6.61 Å². The van der Waals surface area contributed by atoms with E-state index in [1.807, 2.05) is 19.9 Å². The highest BCUT2D eigenvalue weighted by atomic mass is 32.1. The molecule has 0 aromatic carbocycles. The lowest BCUT2D eigenvalue weighted by Crippen LogP contribution is -2.12. The van der Waals surface area contributed by atoms with Gasteiger partial charge < -0.3 is 4.74 Å². The first-order valence-corrected chi connectivity index (χ1v) is 5.39. The molecule has 82 valence electrons. The lowest BCUT2D eigenvalue weighted by molar-refractivity contribution is 0.168. The molecule has 0 aliphatic heterocycles. The molecule has 15 heavy (non-hydrogen) atoms. The molecular weight excluding hydrogens is 214 g/mol. The van der Waals surface area contributed by atoms with E-state index in [4.69, 9.17) is 4.74 Å². The van der Waals surface area contributed by atoms with E-state index in [1.54, 1.807) is 6.92 Å². The van der Waals surface area contributed by atoms with Crippen molar-refractivity contribution < 1.29 is 9.53 Å². The zero-order valence-corrected chi connectivity index (χ0v) is 9.72. The standard InChI is InChI=1S/C9H13N3O2S/c1-4-6(3)7-11-12-8(15-7)10-9(13)14-5-2/h4H,5H2,1-3H3,(H,10,12,13)/b6-4+. The highest BCUT2D eigenvalue weighted by molar-refractivity contribution is 7.16. The van der Waals surface area contributed by atoms with Crippen LogP contribution in [-0.4, -0.2) is 22.9 Å². The summed E-state index contributed by atoms with van der Waals surface area (Å²) in [4.78, 5) is 11.1. The van der Waals surface area contributed by atoms with E-state index >= 15 is 0 Å². The van der Waals surface area contributed by atoms with Gasteiger partial charge >= 0.3 is 6.09 Å². The number of nitrogens with zero attached hydrogens (tertiary/aromatic N) is 2. The third-order valence-electron chi connectivity index (χ3n) is 1.68. The fourth-order valence-electron chi connectivity index (χ4n) is 0.811. The predicted molar refractivity (Wildman–Crippen MR) is 59.9 cm³/mol. The third-order valence-corrected chi connectivity index (χ3v) is 2.65. The van der Waals surface area contributed by atoms with Crippen molar-refractivity contribution >= 4 is 28.1 Å². The molecule has 0 saturated carbocycles. The van der Waals surface area contributed by atoms with Crippen LogP contribution in [0.2, 0.25) is 0 Å². The van der Waals surface area contributed by atoms with Crippen molar-refractivity contribution in [3.8, 4) is 0 Å². The van der Waals surface area contributed by atoms with Crippen molar-refractivity contribution in [1.29, 1.82) is 0 Å². The Labute approximate surface area is 92.2 Å². The maximum atomic E-state index is 11.1. The number of carbonyl (C=O) groups excluding carboxylic acids is 1. The van der Waals surface area contributed by atoms with Crippen molar-refractivity contribution in [3.05, 3.63) is 11.1 Å². The summed E-state index contributed by atoms with van der Waals surface area (Å²) in [6, 6.07) is 0. The van der Waals surface area contributed by atoms with Gasteiger partial charge in [0.2, 0.25) is 5.13 Å². The van der Waals surface area contributed by atoms with Crippen LogP contribution in [0.3, 0.4) is 0 Å². The summed E-state index contributed by atoms with van der Waals surface area (Å²) in [6.07, 6.45) is 1.44. The number of hydrogen-bond donors (Lipinski definition) is 1. The van der Waals surface area contributed by atoms with Crippen molar-refractivity contribution in [1.82, 2.24) is 10.2 Å². The molecule has 1 heterocycles. The van der Waals surface area contributed by atoms with Gasteiger partial charge in [-0.3, -0.25) is 5.32 Å². The Morgan fingerprint density at radius 1 is 1.60 bits per heavy atom. The number of allylic oxidation sites excluding steroid dienone is 2. The van der Waals surface area contributed by atoms with E-state index in [9.17, 15) is 4.79 Å². The number of aromatic nitrogens is 2. The third kappa shape index (κ3) is 3.32. The highest BCUT2D eigenvalue weighted by Gasteiger charge is 2.08. The average molecular weight is 227 g/mol. The Morgan fingerprint density at radius 3 is 2.93 bits per heavy atom. The molecule has 1 rings (SSSR count). The van der Waals surface area contributed by atoms with Crippen LogP contribution in [-0.2, 0) is 4.74 Å². The molecule has 0 fully saturated rings. The molecule has 6 heteroatoms. The minimum Gasteiger partial charge on any atom is -0.450 e. The zero-order valence-electron chi connectivity index (χ0n) is 8.90. The van der Waals surface area contributed by atoms with Gasteiger partial charge in [-0.2, -0.15) is 0 Å². The maximum absolute atomic E-state index is 11.1. The summed E-state index contributed by atoms with van der Waals surface area (Å²) in [5.74, 6) is 0. The number of nitrogens with one attached hydrogen (secondary N) is 1. The van der Waals surface area contributed by atoms with Gasteiger partial charge in [0, 0.05) is 0 Å². The zero-order chi connectivity index (χ0) is 11.3. The molecule has 0 bridgehead atoms. The molecule has 0 aliphatic rings. The summed E-state index contributed by atoms with van der Waals surface area (Å²) in [7, 11) is 0. The smallest absolute Gasteiger partial charge is 0.413 e. The Hall–Kier alpha value is -1.43. The first-order chi connectivity index (χ1) is 7.17. The average Bonchev–Trinajstić information content (AvgIpc) is 2.65. The molecule has 0 spiro atoms. The Morgan fingerprint density at radius 2 is 2.33 bits per heavy atom. The van der Waals surface area contributed by atoms with Gasteiger partial charge in [-0.15, -0.1) is 10.2 Å². The van der Waals surface area contributed by atoms with E-state index in [0.29, 0.717) is 11.7 Å². The molecule has 0 radical (unpaired) electrons. The van der Waals surface area contributed by atoms with Gasteiger partial charge in [-0.25, -0.2) is 4.79 Å². The van der Waals surface area contributed by atoms with Gasteiger partial charge in [-0.05, 0) is 26.3 Å². The number of carbonyl (C=O) groups is 1. The lowest BCUT2D eigenvalue weighted by Gasteiger charge is -1.99. The molecular formula is C9H13N3O2S. The molecule has 0 saturated heterocycles. The van der Waals surface area contributed by atoms with E-state index in [2.05, 4.69) is 15.5 Å². The fraction of sp³-hybridized carbons (Fsp3) is 0.444. The van der Waals surface area contributed by atoms with Crippen molar-refractivity contribution in [2.24, 2.45) is 0 Å². The first kappa shape index (κ1) is 11.6. The summed E-state index contributed by atoms with van der Waals surface area (Å²) in [5, 5.41) is 11.5. The summed E-state index contributed by atoms with van der Waals surface area (Å²) < 4.78 is 4.72. The molecule has 5 nitrogen and oxygen atoms in total. The SMILES string of the molecule is C/C=C(\C)c1nnc(NC(=O)OCC)s1. The van der Waals surface area contributed by atoms with E-state index < -0.39 is 6.09 Å². The number of amides is 1. The van der Waals surface area contributed by atoms with Crippen LogP contribution in [0.4, 0.5) is 9.93 Å². The first-order valence-electron chi connectivity index (χ1n) is 4.58. The van der Waals surface area contributed by atoms with Crippen LogP contribution in [0.5, 0.6) is 0 Å². The van der Waals surface area contributed by atoms with Gasteiger partial charge in [0.25, 0.3) is 0 Å². The van der Waals surface area contributed by atoms with E-state index in [1.165, 1.54) is 11.3 Å². The fourth-order valence-corrected chi connectivity index (χ4v) is 1.57. The second kappa shape index (κ2) is 5.45. The Bertz CT molecular complexity index is 373. The molecule has 1 aromatic heterocycles. The molecule has 0 atom stereocenters. The van der Waals surface area contributed by atoms with Crippen molar-refractivity contribution in [3.63, 3.8) is 0 Å². The number of anilines is 1. The Kier molecular flexibility index (Phi) is 4.23. The number of ether oxygens (including phenoxy) is 1. The Balaban J connectivity index is 2.64. The van der Waals surface area contributed by atoms with Crippen LogP contribution >= 0.6 is 11.3 Å². The van der Waals surface area contributed by atoms with Crippen molar-refractivity contribution in [2.45, 2.75) is 20.8 Å². The monoisotopic (exact) mass is 227 g/mol. The van der Waals surface area contributed by atoms with Crippen LogP contribution < -0.4 is 5.32 Å². The summed E-state index contributed by atoms with van der Waals surface area (Å²) in [6.45, 7) is 5.95. The van der Waals surface area contributed by atoms with Crippen molar-refractivity contribution in [2.75, 3.05) is 11.9 Å². The second-order valence-corrected chi connectivity index (χ2v) is 3.71. The van der Waals surface area contributed by atoms with Gasteiger partial charge in [-0.1, -0.05) is 17.4 Å². The van der Waals surface area contributed by atoms with Gasteiger partial charge in [0.15, 0.2) is 0 Å². The minimum atomic E-state index is -0.502. The molecule has 0 unspecified atom stereocenters. The van der Waals surface area contributed by atoms with Crippen LogP contribution in [0.25, 0.3) is 5.57 Å². The molecule has 1 amide bonds. The second-order valence-electron chi connectivity index (χ2n) is 2.73. The normalized spacial score (nSPS) is 11.3. The maximum Gasteiger partial charge on any atom is 0.413 e. The quantitative estimate of drug-likeness (QED) is 0.861. The minimum absolute atomic E-state index is 0.339. The number of rotatable bonds is 3. The predicted octanol–water partition coefficient (Wildman–Crippen LogP) is 2.53. The molecule has 1 N–H and O–H groups in total. The molecule has 0 aliphatic carbocycles.